The molecule has 4 aromatic heterocycles. The van der Waals surface area contributed by atoms with Gasteiger partial charge in [0.15, 0.2) is 6.17 Å². The molecule has 0 bridgehead atoms. The lowest BCUT2D eigenvalue weighted by molar-refractivity contribution is -0.386. The van der Waals surface area contributed by atoms with Gasteiger partial charge >= 0.3 is 11.9 Å². The first kappa shape index (κ1) is 22.8. The van der Waals surface area contributed by atoms with Crippen LogP contribution in [0.4, 0.5) is 24.5 Å². The molecule has 0 radical (unpaired) electrons. The van der Waals surface area contributed by atoms with Crippen LogP contribution in [-0.4, -0.2) is 25.6 Å². The smallest absolute Gasteiger partial charge is 0.433 e. The molecular formula is C21H17F3N6O4S. The lowest BCUT2D eigenvalue weighted by Gasteiger charge is -2.24. The summed E-state index contributed by atoms with van der Waals surface area (Å²) in [5.41, 5.74) is 0.322. The summed E-state index contributed by atoms with van der Waals surface area (Å²) in [5, 5.41) is 21.7. The minimum Gasteiger partial charge on any atom is -0.460 e. The summed E-state index contributed by atoms with van der Waals surface area (Å²) in [7, 11) is 0. The number of thiophene rings is 1. The van der Waals surface area contributed by atoms with Gasteiger partial charge in [-0.15, -0.1) is 11.3 Å². The maximum absolute atomic E-state index is 13.2. The highest BCUT2D eigenvalue weighted by Crippen LogP contribution is 2.42. The van der Waals surface area contributed by atoms with Crippen LogP contribution in [0.1, 0.15) is 50.0 Å². The molecule has 182 valence electrons. The van der Waals surface area contributed by atoms with Gasteiger partial charge in [0.1, 0.15) is 38.3 Å². The van der Waals surface area contributed by atoms with E-state index in [-0.39, 0.29) is 27.6 Å². The number of rotatable bonds is 4. The molecule has 1 aliphatic rings. The number of anilines is 1. The molecule has 0 fully saturated rings. The molecule has 1 aliphatic heterocycles. The number of hydrogen-bond donors (Lipinski definition) is 2. The van der Waals surface area contributed by atoms with Gasteiger partial charge in [-0.25, -0.2) is 4.98 Å². The maximum atomic E-state index is 13.2. The number of alkyl halides is 3. The Balaban J connectivity index is 1.45. The van der Waals surface area contributed by atoms with E-state index in [9.17, 15) is 28.1 Å². The highest BCUT2D eigenvalue weighted by molar-refractivity contribution is 7.21. The van der Waals surface area contributed by atoms with Crippen LogP contribution in [-0.2, 0) is 12.7 Å². The Hall–Kier alpha value is -3.94. The Labute approximate surface area is 198 Å². The van der Waals surface area contributed by atoms with Crippen molar-refractivity contribution in [3.8, 4) is 0 Å². The SMILES string of the molecule is Cc1nn(Cc2ccc([C@@H]3NC(=O)c4sc5nc(C(F)(F)F)cc(C)c5c4N3)o2)c(C)c1[N+](=O)[O-]. The first-order valence-electron chi connectivity index (χ1n) is 10.3. The third-order valence-corrected chi connectivity index (χ3v) is 6.80. The van der Waals surface area contributed by atoms with Crippen molar-refractivity contribution in [2.75, 3.05) is 5.32 Å². The van der Waals surface area contributed by atoms with Crippen molar-refractivity contribution in [3.05, 3.63) is 67.4 Å². The van der Waals surface area contributed by atoms with Crippen molar-refractivity contribution >= 4 is 38.8 Å². The predicted octanol–water partition coefficient (Wildman–Crippen LogP) is 4.84. The Morgan fingerprint density at radius 2 is 2.00 bits per heavy atom. The number of carbonyl (C=O) groups excluding carboxylic acids is 1. The zero-order valence-electron chi connectivity index (χ0n) is 18.5. The van der Waals surface area contributed by atoms with Crippen molar-refractivity contribution in [2.45, 2.75) is 39.7 Å². The molecule has 0 unspecified atom stereocenters. The van der Waals surface area contributed by atoms with Gasteiger partial charge in [-0.2, -0.15) is 18.3 Å². The molecule has 5 heterocycles. The maximum Gasteiger partial charge on any atom is 0.433 e. The van der Waals surface area contributed by atoms with Gasteiger partial charge < -0.3 is 15.1 Å². The number of aryl methyl sites for hydroxylation is 2. The largest absolute Gasteiger partial charge is 0.460 e. The second-order valence-electron chi connectivity index (χ2n) is 8.10. The number of nitro groups is 1. The highest BCUT2D eigenvalue weighted by Gasteiger charge is 2.36. The lowest BCUT2D eigenvalue weighted by atomic mass is 10.1. The number of fused-ring (bicyclic) bond motifs is 3. The van der Waals surface area contributed by atoms with Crippen LogP contribution in [0.25, 0.3) is 10.2 Å². The second kappa shape index (κ2) is 7.80. The van der Waals surface area contributed by atoms with E-state index in [0.717, 1.165) is 17.4 Å². The Bertz CT molecular complexity index is 1520. The Kier molecular flexibility index (Phi) is 5.09. The van der Waals surface area contributed by atoms with Gasteiger partial charge in [-0.3, -0.25) is 19.6 Å². The van der Waals surface area contributed by atoms with Crippen molar-refractivity contribution in [1.29, 1.82) is 0 Å². The first-order chi connectivity index (χ1) is 16.4. The molecule has 35 heavy (non-hydrogen) atoms. The minimum atomic E-state index is -4.60. The van der Waals surface area contributed by atoms with E-state index in [2.05, 4.69) is 20.7 Å². The predicted molar refractivity (Wildman–Crippen MR) is 119 cm³/mol. The molecule has 5 rings (SSSR count). The molecule has 2 N–H and O–H groups in total. The van der Waals surface area contributed by atoms with Crippen LogP contribution >= 0.6 is 11.3 Å². The number of nitrogens with zero attached hydrogens (tertiary/aromatic N) is 4. The standard InChI is InChI=1S/C21H17F3N6O4S/c1-8-6-13(21(22,23)24)25-20-14(8)15-17(35-20)19(31)27-18(26-15)12-5-4-11(34-12)7-29-10(3)16(30(32)33)9(2)28-29/h4-6,18,26H,7H2,1-3H3,(H,27,31)/t18-/m0/s1. The van der Waals surface area contributed by atoms with Gasteiger partial charge in [-0.05, 0) is 44.5 Å². The topological polar surface area (TPSA) is 128 Å². The van der Waals surface area contributed by atoms with Gasteiger partial charge in [0.25, 0.3) is 5.91 Å². The molecule has 0 spiro atoms. The lowest BCUT2D eigenvalue weighted by Crippen LogP contribution is -2.37. The number of carbonyl (C=O) groups is 1. The van der Waals surface area contributed by atoms with Crippen LogP contribution in [0.5, 0.6) is 0 Å². The summed E-state index contributed by atoms with van der Waals surface area (Å²) in [6.07, 6.45) is -5.38. The van der Waals surface area contributed by atoms with Crippen molar-refractivity contribution in [1.82, 2.24) is 20.1 Å². The van der Waals surface area contributed by atoms with E-state index < -0.39 is 28.9 Å². The number of pyridine rings is 1. The highest BCUT2D eigenvalue weighted by atomic mass is 32.1. The molecular weight excluding hydrogens is 489 g/mol. The fraction of sp³-hybridized carbons (Fsp3) is 0.286. The van der Waals surface area contributed by atoms with Crippen LogP contribution in [0.3, 0.4) is 0 Å². The van der Waals surface area contributed by atoms with Gasteiger partial charge in [0.2, 0.25) is 0 Å². The summed E-state index contributed by atoms with van der Waals surface area (Å²) in [5.74, 6) is 0.337. The average molecular weight is 506 g/mol. The third-order valence-electron chi connectivity index (χ3n) is 5.72. The third kappa shape index (κ3) is 3.79. The summed E-state index contributed by atoms with van der Waals surface area (Å²) < 4.78 is 46.9. The molecule has 14 heteroatoms. The van der Waals surface area contributed by atoms with Gasteiger partial charge in [0.05, 0.1) is 17.2 Å². The summed E-state index contributed by atoms with van der Waals surface area (Å²) in [4.78, 5) is 27.6. The Morgan fingerprint density at radius 1 is 1.26 bits per heavy atom. The summed E-state index contributed by atoms with van der Waals surface area (Å²) in [6.45, 7) is 4.81. The molecule has 4 aromatic rings. The van der Waals surface area contributed by atoms with Crippen LogP contribution in [0.2, 0.25) is 0 Å². The van der Waals surface area contributed by atoms with E-state index >= 15 is 0 Å². The van der Waals surface area contributed by atoms with Crippen molar-refractivity contribution in [2.24, 2.45) is 0 Å². The molecule has 0 aliphatic carbocycles. The van der Waals surface area contributed by atoms with E-state index in [1.807, 2.05) is 0 Å². The van der Waals surface area contributed by atoms with E-state index in [1.165, 1.54) is 11.6 Å². The summed E-state index contributed by atoms with van der Waals surface area (Å²) in [6, 6.07) is 4.26. The van der Waals surface area contributed by atoms with Crippen molar-refractivity contribution in [3.63, 3.8) is 0 Å². The number of amides is 1. The average Bonchev–Trinajstić information content (AvgIpc) is 3.44. The molecule has 1 amide bonds. The quantitative estimate of drug-likeness (QED) is 0.299. The first-order valence-corrected chi connectivity index (χ1v) is 11.1. The second-order valence-corrected chi connectivity index (χ2v) is 9.10. The number of hydrogen-bond acceptors (Lipinski definition) is 8. The van der Waals surface area contributed by atoms with Crippen molar-refractivity contribution < 1.29 is 27.3 Å². The monoisotopic (exact) mass is 506 g/mol. The fourth-order valence-electron chi connectivity index (χ4n) is 4.13. The van der Waals surface area contributed by atoms with Gasteiger partial charge in [-0.1, -0.05) is 0 Å². The summed E-state index contributed by atoms with van der Waals surface area (Å²) >= 11 is 0.881. The fourth-order valence-corrected chi connectivity index (χ4v) is 5.25. The molecule has 0 aromatic carbocycles. The normalized spacial score (nSPS) is 15.7. The number of furan rings is 1. The van der Waals surface area contributed by atoms with E-state index in [1.54, 1.807) is 26.0 Å². The molecule has 0 saturated heterocycles. The van der Waals surface area contributed by atoms with Gasteiger partial charge in [0, 0.05) is 5.39 Å². The number of nitrogens with one attached hydrogen (secondary N) is 2. The number of halogens is 3. The Morgan fingerprint density at radius 3 is 2.66 bits per heavy atom. The molecule has 1 atom stereocenters. The van der Waals surface area contributed by atoms with E-state index in [4.69, 9.17) is 4.42 Å². The van der Waals surface area contributed by atoms with Crippen LogP contribution < -0.4 is 10.6 Å². The minimum absolute atomic E-state index is 0.0625. The number of aromatic nitrogens is 3. The van der Waals surface area contributed by atoms with E-state index in [0.29, 0.717) is 33.9 Å². The molecule has 10 nitrogen and oxygen atoms in total. The van der Waals surface area contributed by atoms with Crippen LogP contribution in [0, 0.1) is 30.9 Å². The zero-order chi connectivity index (χ0) is 25.2. The zero-order valence-corrected chi connectivity index (χ0v) is 19.3. The van der Waals surface area contributed by atoms with Crippen LogP contribution in [0.15, 0.2) is 22.6 Å². The molecule has 0 saturated carbocycles.